The molecule has 13 heavy (non-hydrogen) atoms. The van der Waals surface area contributed by atoms with Crippen LogP contribution < -0.4 is 10.4 Å². The summed E-state index contributed by atoms with van der Waals surface area (Å²) in [4.78, 5) is 0. The smallest absolute Gasteiger partial charge is 0.00207 e. The largest absolute Gasteiger partial charge is 0.0763 e. The zero-order valence-corrected chi connectivity index (χ0v) is 7.51. The number of rotatable bonds is 0. The Balaban J connectivity index is 2.43. The lowest BCUT2D eigenvalue weighted by Crippen LogP contribution is -2.21. The van der Waals surface area contributed by atoms with Crippen LogP contribution >= 0.6 is 0 Å². The molecule has 63 valence electrons. The van der Waals surface area contributed by atoms with E-state index in [1.54, 1.807) is 0 Å². The third-order valence-corrected chi connectivity index (χ3v) is 2.83. The summed E-state index contributed by atoms with van der Waals surface area (Å²) < 4.78 is 0. The zero-order chi connectivity index (χ0) is 8.67. The van der Waals surface area contributed by atoms with Gasteiger partial charge in [0.2, 0.25) is 0 Å². The molecule has 0 unspecified atom stereocenters. The van der Waals surface area contributed by atoms with Gasteiger partial charge in [0.15, 0.2) is 0 Å². The van der Waals surface area contributed by atoms with Gasteiger partial charge in [-0.25, -0.2) is 0 Å². The van der Waals surface area contributed by atoms with Crippen LogP contribution in [0.25, 0.3) is 11.6 Å². The topological polar surface area (TPSA) is 0 Å². The van der Waals surface area contributed by atoms with Crippen molar-refractivity contribution in [1.29, 1.82) is 0 Å². The second-order valence-electron chi connectivity index (χ2n) is 3.66. The first-order valence-electron chi connectivity index (χ1n) is 4.88. The van der Waals surface area contributed by atoms with E-state index in [1.165, 1.54) is 40.8 Å². The molecule has 3 rings (SSSR count). The van der Waals surface area contributed by atoms with Crippen LogP contribution in [0.5, 0.6) is 0 Å². The molecule has 0 nitrogen and oxygen atoms in total. The fourth-order valence-corrected chi connectivity index (χ4v) is 2.19. The van der Waals surface area contributed by atoms with Crippen molar-refractivity contribution in [2.24, 2.45) is 0 Å². The van der Waals surface area contributed by atoms with Crippen molar-refractivity contribution in [3.05, 3.63) is 46.4 Å². The number of benzene rings is 1. The van der Waals surface area contributed by atoms with Crippen LogP contribution in [0.15, 0.2) is 35.9 Å². The second kappa shape index (κ2) is 2.59. The van der Waals surface area contributed by atoms with Gasteiger partial charge in [-0.2, -0.15) is 0 Å². The molecule has 0 bridgehead atoms. The maximum Gasteiger partial charge on any atom is -0.00207 e. The molecule has 0 spiro atoms. The van der Waals surface area contributed by atoms with Gasteiger partial charge in [0.25, 0.3) is 0 Å². The minimum atomic E-state index is 1.22. The van der Waals surface area contributed by atoms with Crippen molar-refractivity contribution < 1.29 is 0 Å². The van der Waals surface area contributed by atoms with Crippen molar-refractivity contribution in [3.8, 4) is 0 Å². The van der Waals surface area contributed by atoms with E-state index in [4.69, 9.17) is 0 Å². The van der Waals surface area contributed by atoms with Crippen molar-refractivity contribution in [2.75, 3.05) is 0 Å². The molecule has 0 fully saturated rings. The highest BCUT2D eigenvalue weighted by atomic mass is 14.2. The third kappa shape index (κ3) is 0.983. The van der Waals surface area contributed by atoms with E-state index in [9.17, 15) is 0 Å². The maximum absolute atomic E-state index is 3.46. The Morgan fingerprint density at radius 1 is 1.15 bits per heavy atom. The lowest BCUT2D eigenvalue weighted by molar-refractivity contribution is 0.855. The average Bonchev–Trinajstić information content (AvgIpc) is 2.56. The van der Waals surface area contributed by atoms with E-state index in [0.29, 0.717) is 0 Å². The number of fused-ring (bicyclic) bond motifs is 2. The van der Waals surface area contributed by atoms with Crippen LogP contribution in [0.3, 0.4) is 0 Å². The molecular weight excluding hydrogens is 156 g/mol. The van der Waals surface area contributed by atoms with Gasteiger partial charge in [-0.3, -0.25) is 0 Å². The van der Waals surface area contributed by atoms with E-state index in [-0.39, 0.29) is 0 Å². The van der Waals surface area contributed by atoms with Crippen LogP contribution in [-0.4, -0.2) is 0 Å². The highest BCUT2D eigenvalue weighted by molar-refractivity contribution is 5.82. The standard InChI is InChI=1S/C13H11/c1-3-7-12-10(5-1)9-11-6-2-4-8-13(11)12/h1,3,5-7H,2,4,8H2. The Kier molecular flexibility index (Phi) is 1.42. The van der Waals surface area contributed by atoms with Crippen LogP contribution in [0, 0.1) is 0 Å². The van der Waals surface area contributed by atoms with Gasteiger partial charge in [0, 0.05) is 0 Å². The Bertz CT molecular complexity index is 489. The van der Waals surface area contributed by atoms with Gasteiger partial charge >= 0.3 is 0 Å². The first kappa shape index (κ1) is 7.14. The summed E-state index contributed by atoms with van der Waals surface area (Å²) in [5.74, 6) is 0. The molecule has 2 aliphatic rings. The highest BCUT2D eigenvalue weighted by Crippen LogP contribution is 2.26. The maximum atomic E-state index is 3.46. The lowest BCUT2D eigenvalue weighted by Gasteiger charge is -2.09. The molecule has 0 saturated carbocycles. The monoisotopic (exact) mass is 167 g/mol. The molecular formula is C13H11. The summed E-state index contributed by atoms with van der Waals surface area (Å²) in [7, 11) is 0. The van der Waals surface area contributed by atoms with Gasteiger partial charge in [-0.1, -0.05) is 30.3 Å². The zero-order valence-electron chi connectivity index (χ0n) is 7.51. The van der Waals surface area contributed by atoms with Gasteiger partial charge in [0.05, 0.1) is 0 Å². The minimum absolute atomic E-state index is 1.22. The third-order valence-electron chi connectivity index (χ3n) is 2.83. The molecule has 0 N–H and O–H groups in total. The Hall–Kier alpha value is -1.30. The molecule has 0 aliphatic heterocycles. The molecule has 2 aliphatic carbocycles. The molecule has 1 aromatic rings. The quantitative estimate of drug-likeness (QED) is 0.551. The van der Waals surface area contributed by atoms with E-state index in [2.05, 4.69) is 36.4 Å². The summed E-state index contributed by atoms with van der Waals surface area (Å²) in [6.07, 6.45) is 9.53. The van der Waals surface area contributed by atoms with Gasteiger partial charge in [-0.05, 0) is 46.9 Å². The molecule has 1 radical (unpaired) electrons. The van der Waals surface area contributed by atoms with E-state index >= 15 is 0 Å². The van der Waals surface area contributed by atoms with Crippen LogP contribution in [0.2, 0.25) is 0 Å². The Morgan fingerprint density at radius 2 is 2.08 bits per heavy atom. The SMILES string of the molecule is [C]1=c2ccccc2=C2CCCC=C12. The summed E-state index contributed by atoms with van der Waals surface area (Å²) in [6, 6.07) is 8.57. The molecule has 0 amide bonds. The number of allylic oxidation sites excluding steroid dienone is 2. The molecule has 1 aromatic carbocycles. The first-order valence-corrected chi connectivity index (χ1v) is 4.88. The summed E-state index contributed by atoms with van der Waals surface area (Å²) in [6.45, 7) is 0. The van der Waals surface area contributed by atoms with Gasteiger partial charge in [0.1, 0.15) is 0 Å². The number of hydrogen-bond donors (Lipinski definition) is 0. The number of hydrogen-bond acceptors (Lipinski definition) is 0. The van der Waals surface area contributed by atoms with Crippen LogP contribution in [0.4, 0.5) is 0 Å². The molecule has 0 aromatic heterocycles. The Morgan fingerprint density at radius 3 is 3.08 bits per heavy atom. The van der Waals surface area contributed by atoms with Gasteiger partial charge < -0.3 is 0 Å². The highest BCUT2D eigenvalue weighted by Gasteiger charge is 2.13. The first-order chi connectivity index (χ1) is 6.45. The predicted molar refractivity (Wildman–Crippen MR) is 54.4 cm³/mol. The summed E-state index contributed by atoms with van der Waals surface area (Å²) in [5, 5.41) is 2.69. The normalized spacial score (nSPS) is 18.8. The van der Waals surface area contributed by atoms with Crippen molar-refractivity contribution in [1.82, 2.24) is 0 Å². The van der Waals surface area contributed by atoms with Crippen LogP contribution in [0.1, 0.15) is 19.3 Å². The van der Waals surface area contributed by atoms with Crippen molar-refractivity contribution in [2.45, 2.75) is 19.3 Å². The Labute approximate surface area is 77.9 Å². The molecule has 0 heteroatoms. The molecule has 0 heterocycles. The summed E-state index contributed by atoms with van der Waals surface area (Å²) >= 11 is 0. The second-order valence-corrected chi connectivity index (χ2v) is 3.66. The predicted octanol–water partition coefficient (Wildman–Crippen LogP) is 1.62. The van der Waals surface area contributed by atoms with E-state index in [0.717, 1.165) is 0 Å². The van der Waals surface area contributed by atoms with Crippen LogP contribution in [-0.2, 0) is 0 Å². The van der Waals surface area contributed by atoms with E-state index in [1.807, 2.05) is 0 Å². The minimum Gasteiger partial charge on any atom is -0.0763 e. The fourth-order valence-electron chi connectivity index (χ4n) is 2.19. The van der Waals surface area contributed by atoms with Crippen molar-refractivity contribution in [3.63, 3.8) is 0 Å². The lowest BCUT2D eigenvalue weighted by atomic mass is 9.95. The van der Waals surface area contributed by atoms with E-state index < -0.39 is 0 Å². The average molecular weight is 167 g/mol. The van der Waals surface area contributed by atoms with Crippen molar-refractivity contribution >= 4 is 11.6 Å². The summed E-state index contributed by atoms with van der Waals surface area (Å²) in [5.41, 5.74) is 2.87. The fraction of sp³-hybridized carbons (Fsp3) is 0.231. The molecule has 0 saturated heterocycles. The van der Waals surface area contributed by atoms with Gasteiger partial charge in [-0.15, -0.1) is 0 Å². The molecule has 0 atom stereocenters.